The van der Waals surface area contributed by atoms with Gasteiger partial charge in [0.2, 0.25) is 0 Å². The highest BCUT2D eigenvalue weighted by atomic mass is 16.2. The third kappa shape index (κ3) is 4.47. The van der Waals surface area contributed by atoms with Gasteiger partial charge >= 0.3 is 0 Å². The minimum absolute atomic E-state index is 0.0630. The molecule has 0 N–H and O–H groups in total. The summed E-state index contributed by atoms with van der Waals surface area (Å²) < 4.78 is 0. The van der Waals surface area contributed by atoms with Gasteiger partial charge < -0.3 is 4.90 Å². The fraction of sp³-hybridized carbons (Fsp3) is 0.500. The van der Waals surface area contributed by atoms with Crippen molar-refractivity contribution < 1.29 is 4.79 Å². The normalized spacial score (nSPS) is 9.06. The number of carbonyl (C=O) groups excluding carboxylic acids is 1. The number of hydrogen-bond acceptors (Lipinski definition) is 1. The molecule has 1 amide bonds. The summed E-state index contributed by atoms with van der Waals surface area (Å²) >= 11 is 0. The second-order valence-corrected chi connectivity index (χ2v) is 3.65. The maximum atomic E-state index is 11.5. The van der Waals surface area contributed by atoms with Crippen LogP contribution in [0.3, 0.4) is 0 Å². The summed E-state index contributed by atoms with van der Waals surface area (Å²) in [6.07, 6.45) is 2.22. The molecule has 0 spiro atoms. The lowest BCUT2D eigenvalue weighted by atomic mass is 10.1. The summed E-state index contributed by atoms with van der Waals surface area (Å²) in [5, 5.41) is 0. The lowest BCUT2D eigenvalue weighted by Crippen LogP contribution is -2.21. The maximum absolute atomic E-state index is 11.5. The Morgan fingerprint density at radius 1 is 1.12 bits per heavy atom. The van der Waals surface area contributed by atoms with Crippen molar-refractivity contribution in [2.75, 3.05) is 14.1 Å². The number of benzene rings is 1. The Morgan fingerprint density at radius 3 is 2.00 bits per heavy atom. The molecule has 1 aromatic carbocycles. The highest BCUT2D eigenvalue weighted by molar-refractivity contribution is 5.93. The van der Waals surface area contributed by atoms with E-state index in [4.69, 9.17) is 0 Å². The van der Waals surface area contributed by atoms with Crippen molar-refractivity contribution in [2.24, 2.45) is 0 Å². The van der Waals surface area contributed by atoms with Gasteiger partial charge in [0, 0.05) is 19.7 Å². The molecule has 2 heteroatoms. The zero-order valence-corrected chi connectivity index (χ0v) is 11.1. The Labute approximate surface area is 99.3 Å². The van der Waals surface area contributed by atoms with Crippen LogP contribution in [0.4, 0.5) is 0 Å². The van der Waals surface area contributed by atoms with Crippen LogP contribution in [-0.2, 0) is 6.42 Å². The van der Waals surface area contributed by atoms with E-state index in [1.165, 1.54) is 5.56 Å². The largest absolute Gasteiger partial charge is 0.345 e. The molecule has 0 radical (unpaired) electrons. The van der Waals surface area contributed by atoms with Crippen molar-refractivity contribution in [2.45, 2.75) is 33.6 Å². The third-order valence-corrected chi connectivity index (χ3v) is 2.15. The van der Waals surface area contributed by atoms with Gasteiger partial charge in [-0.05, 0) is 24.1 Å². The van der Waals surface area contributed by atoms with Crippen LogP contribution < -0.4 is 0 Å². The molecule has 0 unspecified atom stereocenters. The van der Waals surface area contributed by atoms with Crippen LogP contribution in [0.2, 0.25) is 0 Å². The Hall–Kier alpha value is -1.31. The highest BCUT2D eigenvalue weighted by Crippen LogP contribution is 2.07. The van der Waals surface area contributed by atoms with E-state index in [2.05, 4.69) is 6.92 Å². The minimum atomic E-state index is 0.0630. The van der Waals surface area contributed by atoms with Crippen molar-refractivity contribution >= 4 is 5.91 Å². The van der Waals surface area contributed by atoms with Crippen LogP contribution in [0.1, 0.15) is 43.1 Å². The average Bonchev–Trinajstić information content (AvgIpc) is 2.32. The van der Waals surface area contributed by atoms with Crippen LogP contribution in [0, 0.1) is 0 Å². The fourth-order valence-corrected chi connectivity index (χ4v) is 1.36. The number of hydrogen-bond donors (Lipinski definition) is 0. The predicted molar refractivity (Wildman–Crippen MR) is 69.8 cm³/mol. The van der Waals surface area contributed by atoms with Crippen LogP contribution in [-0.4, -0.2) is 24.9 Å². The monoisotopic (exact) mass is 221 g/mol. The minimum Gasteiger partial charge on any atom is -0.345 e. The Kier molecular flexibility index (Phi) is 7.27. The number of rotatable bonds is 3. The first-order valence-electron chi connectivity index (χ1n) is 5.95. The summed E-state index contributed by atoms with van der Waals surface area (Å²) in [5.74, 6) is 0.0630. The maximum Gasteiger partial charge on any atom is 0.253 e. The van der Waals surface area contributed by atoms with E-state index in [0.717, 1.165) is 18.4 Å². The third-order valence-electron chi connectivity index (χ3n) is 2.15. The van der Waals surface area contributed by atoms with E-state index < -0.39 is 0 Å². The van der Waals surface area contributed by atoms with E-state index in [0.29, 0.717) is 0 Å². The fourth-order valence-electron chi connectivity index (χ4n) is 1.36. The lowest BCUT2D eigenvalue weighted by Gasteiger charge is -2.10. The number of carbonyl (C=O) groups is 1. The zero-order chi connectivity index (χ0) is 12.6. The molecule has 90 valence electrons. The molecular weight excluding hydrogens is 198 g/mol. The van der Waals surface area contributed by atoms with Crippen molar-refractivity contribution in [3.8, 4) is 0 Å². The standard InChI is InChI=1S/C12H17NO.C2H6/c1-4-5-10-6-8-11(9-7-10)12(14)13(2)3;1-2/h6-9H,4-5H2,1-3H3;1-2H3. The highest BCUT2D eigenvalue weighted by Gasteiger charge is 2.06. The van der Waals surface area contributed by atoms with Gasteiger partial charge in [0.25, 0.3) is 5.91 Å². The van der Waals surface area contributed by atoms with Crippen LogP contribution in [0.25, 0.3) is 0 Å². The molecule has 1 rings (SSSR count). The molecule has 0 aromatic heterocycles. The first-order chi connectivity index (χ1) is 7.65. The lowest BCUT2D eigenvalue weighted by molar-refractivity contribution is 0.0827. The summed E-state index contributed by atoms with van der Waals surface area (Å²) in [4.78, 5) is 13.1. The summed E-state index contributed by atoms with van der Waals surface area (Å²) in [5.41, 5.74) is 2.05. The second-order valence-electron chi connectivity index (χ2n) is 3.65. The van der Waals surface area contributed by atoms with Crippen molar-refractivity contribution in [3.63, 3.8) is 0 Å². The second kappa shape index (κ2) is 7.91. The zero-order valence-electron chi connectivity index (χ0n) is 11.1. The smallest absolute Gasteiger partial charge is 0.253 e. The number of nitrogens with zero attached hydrogens (tertiary/aromatic N) is 1. The van der Waals surface area contributed by atoms with Gasteiger partial charge in [-0.3, -0.25) is 4.79 Å². The molecule has 0 aliphatic rings. The molecule has 0 bridgehead atoms. The molecular formula is C14H23NO. The molecule has 1 aromatic rings. The summed E-state index contributed by atoms with van der Waals surface area (Å²) in [6.45, 7) is 6.15. The van der Waals surface area contributed by atoms with Crippen molar-refractivity contribution in [1.29, 1.82) is 0 Å². The number of aryl methyl sites for hydroxylation is 1. The van der Waals surface area contributed by atoms with Gasteiger partial charge in [-0.1, -0.05) is 39.3 Å². The summed E-state index contributed by atoms with van der Waals surface area (Å²) in [7, 11) is 3.53. The van der Waals surface area contributed by atoms with Gasteiger partial charge in [-0.25, -0.2) is 0 Å². The van der Waals surface area contributed by atoms with E-state index in [9.17, 15) is 4.79 Å². The molecule has 0 fully saturated rings. The Bertz CT molecular complexity index is 301. The van der Waals surface area contributed by atoms with Crippen molar-refractivity contribution in [3.05, 3.63) is 35.4 Å². The van der Waals surface area contributed by atoms with Crippen LogP contribution in [0.5, 0.6) is 0 Å². The molecule has 0 aliphatic carbocycles. The van der Waals surface area contributed by atoms with Gasteiger partial charge in [0.15, 0.2) is 0 Å². The molecule has 16 heavy (non-hydrogen) atoms. The van der Waals surface area contributed by atoms with E-state index >= 15 is 0 Å². The van der Waals surface area contributed by atoms with Crippen LogP contribution in [0.15, 0.2) is 24.3 Å². The van der Waals surface area contributed by atoms with Gasteiger partial charge in [0.05, 0.1) is 0 Å². The quantitative estimate of drug-likeness (QED) is 0.766. The van der Waals surface area contributed by atoms with Crippen LogP contribution >= 0.6 is 0 Å². The van der Waals surface area contributed by atoms with Gasteiger partial charge in [-0.15, -0.1) is 0 Å². The van der Waals surface area contributed by atoms with Gasteiger partial charge in [0.1, 0.15) is 0 Å². The van der Waals surface area contributed by atoms with E-state index in [-0.39, 0.29) is 5.91 Å². The van der Waals surface area contributed by atoms with E-state index in [1.54, 1.807) is 19.0 Å². The Balaban J connectivity index is 0.00000106. The van der Waals surface area contributed by atoms with E-state index in [1.807, 2.05) is 38.1 Å². The topological polar surface area (TPSA) is 20.3 Å². The SMILES string of the molecule is CC.CCCc1ccc(C(=O)N(C)C)cc1. The van der Waals surface area contributed by atoms with Gasteiger partial charge in [-0.2, -0.15) is 0 Å². The molecule has 0 atom stereocenters. The first-order valence-corrected chi connectivity index (χ1v) is 5.95. The van der Waals surface area contributed by atoms with Crippen molar-refractivity contribution in [1.82, 2.24) is 4.90 Å². The molecule has 0 heterocycles. The average molecular weight is 221 g/mol. The number of amides is 1. The molecule has 0 aliphatic heterocycles. The molecule has 0 saturated heterocycles. The predicted octanol–water partition coefficient (Wildman–Crippen LogP) is 3.37. The summed E-state index contributed by atoms with van der Waals surface area (Å²) in [6, 6.07) is 7.85. The molecule has 2 nitrogen and oxygen atoms in total. The Morgan fingerprint density at radius 2 is 1.62 bits per heavy atom. The first kappa shape index (κ1) is 14.7. The molecule has 0 saturated carbocycles.